The van der Waals surface area contributed by atoms with Crippen molar-refractivity contribution in [2.24, 2.45) is 5.92 Å². The Kier molecular flexibility index (Phi) is 3.08. The number of hydrogen-bond acceptors (Lipinski definition) is 1. The summed E-state index contributed by atoms with van der Waals surface area (Å²) < 4.78 is 6.51. The molecule has 1 aromatic rings. The van der Waals surface area contributed by atoms with Gasteiger partial charge in [0.05, 0.1) is 6.10 Å². The molecule has 2 rings (SSSR count). The molecule has 0 saturated carbocycles. The maximum Gasteiger partial charge on any atom is 0.0858 e. The molecule has 2 atom stereocenters. The lowest BCUT2D eigenvalue weighted by atomic mass is 9.95. The summed E-state index contributed by atoms with van der Waals surface area (Å²) in [4.78, 5) is 0. The smallest absolute Gasteiger partial charge is 0.0858 e. The van der Waals surface area contributed by atoms with Gasteiger partial charge in [-0.25, -0.2) is 0 Å². The molecule has 15 heavy (non-hydrogen) atoms. The molecule has 0 radical (unpaired) electrons. The lowest BCUT2D eigenvalue weighted by molar-refractivity contribution is 0.136. The van der Waals surface area contributed by atoms with Gasteiger partial charge in [0, 0.05) is 17.5 Å². The number of fused-ring (bicyclic) bond motifs is 1. The molecule has 0 fully saturated rings. The zero-order valence-electron chi connectivity index (χ0n) is 8.61. The van der Waals surface area contributed by atoms with E-state index >= 15 is 0 Å². The lowest BCUT2D eigenvalue weighted by Gasteiger charge is -2.20. The van der Waals surface area contributed by atoms with Crippen LogP contribution in [0.2, 0.25) is 0 Å². The summed E-state index contributed by atoms with van der Waals surface area (Å²) in [6.07, 6.45) is 6.38. The minimum atomic E-state index is 0.108. The van der Waals surface area contributed by atoms with Crippen molar-refractivity contribution in [1.29, 1.82) is 0 Å². The molecule has 0 aromatic heterocycles. The first-order valence-electron chi connectivity index (χ1n) is 4.89. The van der Waals surface area contributed by atoms with Crippen LogP contribution in [0.4, 0.5) is 0 Å². The Hall–Kier alpha value is -0.860. The third kappa shape index (κ3) is 2.06. The summed E-state index contributed by atoms with van der Waals surface area (Å²) in [5, 5.41) is 2.46. The third-order valence-corrected chi connectivity index (χ3v) is 3.18. The van der Waals surface area contributed by atoms with Gasteiger partial charge in [-0.1, -0.05) is 34.1 Å². The van der Waals surface area contributed by atoms with Crippen molar-refractivity contribution in [2.45, 2.75) is 6.10 Å². The molecule has 78 valence electrons. The van der Waals surface area contributed by atoms with Crippen molar-refractivity contribution in [3.8, 4) is 0 Å². The standard InChI is InChI=1S/C13H13BrO/c1-3-9-6-11-7-12(14)5-4-10(11)8-13(9)15-2/h3-9,13H,1H2,2H3. The van der Waals surface area contributed by atoms with E-state index in [1.54, 1.807) is 7.11 Å². The number of hydrogen-bond donors (Lipinski definition) is 0. The van der Waals surface area contributed by atoms with Crippen LogP contribution in [0.1, 0.15) is 0 Å². The highest BCUT2D eigenvalue weighted by Crippen LogP contribution is 2.14. The van der Waals surface area contributed by atoms with Crippen LogP contribution in [0.15, 0.2) is 35.3 Å². The first kappa shape index (κ1) is 10.7. The van der Waals surface area contributed by atoms with E-state index in [0.29, 0.717) is 0 Å². The first-order chi connectivity index (χ1) is 7.24. The molecule has 1 aliphatic carbocycles. The second-order valence-electron chi connectivity index (χ2n) is 3.62. The number of halogens is 1. The zero-order chi connectivity index (χ0) is 10.8. The number of benzene rings is 1. The van der Waals surface area contributed by atoms with E-state index in [1.807, 2.05) is 12.1 Å². The summed E-state index contributed by atoms with van der Waals surface area (Å²) in [6, 6.07) is 6.26. The van der Waals surface area contributed by atoms with E-state index in [2.05, 4.69) is 46.8 Å². The largest absolute Gasteiger partial charge is 0.376 e. The molecular formula is C13H13BrO. The van der Waals surface area contributed by atoms with Gasteiger partial charge in [0.25, 0.3) is 0 Å². The molecule has 0 saturated heterocycles. The highest BCUT2D eigenvalue weighted by molar-refractivity contribution is 9.10. The van der Waals surface area contributed by atoms with Crippen molar-refractivity contribution in [1.82, 2.24) is 0 Å². The van der Waals surface area contributed by atoms with Crippen molar-refractivity contribution >= 4 is 28.1 Å². The average molecular weight is 265 g/mol. The number of rotatable bonds is 2. The van der Waals surface area contributed by atoms with Crippen LogP contribution in [0, 0.1) is 5.92 Å². The van der Waals surface area contributed by atoms with Crippen molar-refractivity contribution in [3.05, 3.63) is 45.8 Å². The van der Waals surface area contributed by atoms with Crippen molar-refractivity contribution in [2.75, 3.05) is 7.11 Å². The van der Waals surface area contributed by atoms with Gasteiger partial charge in [-0.15, -0.1) is 6.58 Å². The summed E-state index contributed by atoms with van der Waals surface area (Å²) in [5.41, 5.74) is 0. The van der Waals surface area contributed by atoms with E-state index in [0.717, 1.165) is 4.47 Å². The molecule has 1 nitrogen and oxygen atoms in total. The van der Waals surface area contributed by atoms with Gasteiger partial charge in [-0.3, -0.25) is 0 Å². The molecule has 0 spiro atoms. The van der Waals surface area contributed by atoms with Crippen LogP contribution in [0.5, 0.6) is 0 Å². The Morgan fingerprint density at radius 2 is 2.13 bits per heavy atom. The van der Waals surface area contributed by atoms with E-state index in [4.69, 9.17) is 4.74 Å². The summed E-state index contributed by atoms with van der Waals surface area (Å²) in [5.74, 6) is 0.261. The summed E-state index contributed by atoms with van der Waals surface area (Å²) in [7, 11) is 1.73. The fourth-order valence-electron chi connectivity index (χ4n) is 1.86. The molecule has 1 aliphatic rings. The fourth-order valence-corrected chi connectivity index (χ4v) is 2.24. The van der Waals surface area contributed by atoms with Gasteiger partial charge in [0.1, 0.15) is 0 Å². The number of ether oxygens (including phenoxy) is 1. The normalized spacial score (nSPS) is 23.6. The molecule has 2 unspecified atom stereocenters. The monoisotopic (exact) mass is 264 g/mol. The highest BCUT2D eigenvalue weighted by atomic mass is 79.9. The zero-order valence-corrected chi connectivity index (χ0v) is 10.2. The van der Waals surface area contributed by atoms with E-state index in [1.165, 1.54) is 10.4 Å². The van der Waals surface area contributed by atoms with E-state index in [-0.39, 0.29) is 12.0 Å². The van der Waals surface area contributed by atoms with Gasteiger partial charge in [-0.05, 0) is 28.6 Å². The van der Waals surface area contributed by atoms with Gasteiger partial charge >= 0.3 is 0 Å². The first-order valence-corrected chi connectivity index (χ1v) is 5.68. The Labute approximate surface area is 97.9 Å². The van der Waals surface area contributed by atoms with E-state index < -0.39 is 0 Å². The second kappa shape index (κ2) is 4.33. The molecule has 2 heteroatoms. The SMILES string of the molecule is C=CC1C=c2cc(Br)ccc2=CC1OC. The molecule has 0 amide bonds. The quantitative estimate of drug-likeness (QED) is 0.741. The van der Waals surface area contributed by atoms with Crippen LogP contribution >= 0.6 is 15.9 Å². The van der Waals surface area contributed by atoms with Crippen molar-refractivity contribution < 1.29 is 4.74 Å². The average Bonchev–Trinajstić information content (AvgIpc) is 2.27. The topological polar surface area (TPSA) is 9.23 Å². The van der Waals surface area contributed by atoms with Crippen LogP contribution in [0.25, 0.3) is 12.2 Å². The minimum absolute atomic E-state index is 0.108. The predicted octanol–water partition coefficient (Wildman–Crippen LogP) is 1.84. The maximum atomic E-state index is 5.41. The number of methoxy groups -OCH3 is 1. The molecule has 0 N–H and O–H groups in total. The summed E-state index contributed by atoms with van der Waals surface area (Å²) in [6.45, 7) is 3.83. The van der Waals surface area contributed by atoms with Gasteiger partial charge in [-0.2, -0.15) is 0 Å². The maximum absolute atomic E-state index is 5.41. The molecule has 0 bridgehead atoms. The van der Waals surface area contributed by atoms with Gasteiger partial charge in [0.2, 0.25) is 0 Å². The Morgan fingerprint density at radius 1 is 1.33 bits per heavy atom. The predicted molar refractivity (Wildman–Crippen MR) is 66.8 cm³/mol. The minimum Gasteiger partial charge on any atom is -0.376 e. The molecule has 0 heterocycles. The lowest BCUT2D eigenvalue weighted by Crippen LogP contribution is -2.35. The Balaban J connectivity index is 2.61. The second-order valence-corrected chi connectivity index (χ2v) is 4.54. The van der Waals surface area contributed by atoms with Gasteiger partial charge < -0.3 is 4.74 Å². The third-order valence-electron chi connectivity index (χ3n) is 2.69. The van der Waals surface area contributed by atoms with Gasteiger partial charge in [0.15, 0.2) is 0 Å². The Morgan fingerprint density at radius 3 is 2.80 bits per heavy atom. The highest BCUT2D eigenvalue weighted by Gasteiger charge is 2.16. The Bertz CT molecular complexity index is 490. The van der Waals surface area contributed by atoms with Crippen LogP contribution in [0.3, 0.4) is 0 Å². The van der Waals surface area contributed by atoms with Crippen molar-refractivity contribution in [3.63, 3.8) is 0 Å². The van der Waals surface area contributed by atoms with Crippen LogP contribution in [-0.2, 0) is 4.74 Å². The van der Waals surface area contributed by atoms with E-state index in [9.17, 15) is 0 Å². The van der Waals surface area contributed by atoms with Crippen LogP contribution < -0.4 is 10.4 Å². The molecule has 1 aromatic carbocycles. The summed E-state index contributed by atoms with van der Waals surface area (Å²) >= 11 is 3.47. The van der Waals surface area contributed by atoms with Crippen LogP contribution in [-0.4, -0.2) is 13.2 Å². The fraction of sp³-hybridized carbons (Fsp3) is 0.231. The molecular weight excluding hydrogens is 252 g/mol. The molecule has 0 aliphatic heterocycles.